The second-order valence-corrected chi connectivity index (χ2v) is 7.82. The highest BCUT2D eigenvalue weighted by atomic mass is 79.9. The van der Waals surface area contributed by atoms with E-state index in [4.69, 9.17) is 9.47 Å². The van der Waals surface area contributed by atoms with E-state index in [1.165, 1.54) is 18.2 Å². The number of esters is 2. The molecule has 6 nitrogen and oxygen atoms in total. The van der Waals surface area contributed by atoms with E-state index in [1.807, 2.05) is 0 Å². The number of carbonyl (C=O) groups is 2. The molecule has 3 aromatic carbocycles. The van der Waals surface area contributed by atoms with Crippen molar-refractivity contribution in [3.05, 3.63) is 86.8 Å². The molecule has 0 radical (unpaired) electrons. The van der Waals surface area contributed by atoms with Crippen molar-refractivity contribution in [2.75, 3.05) is 0 Å². The summed E-state index contributed by atoms with van der Waals surface area (Å²) in [6.45, 7) is 3.56. The fourth-order valence-corrected chi connectivity index (χ4v) is 3.35. The smallest absolute Gasteiger partial charge is 0.343 e. The van der Waals surface area contributed by atoms with Gasteiger partial charge in [0, 0.05) is 15.0 Å². The zero-order valence-electron chi connectivity index (χ0n) is 15.3. The van der Waals surface area contributed by atoms with Crippen molar-refractivity contribution in [1.82, 2.24) is 0 Å². The van der Waals surface area contributed by atoms with Crippen molar-refractivity contribution in [1.29, 1.82) is 0 Å². The highest BCUT2D eigenvalue weighted by molar-refractivity contribution is 9.10. The number of phenols is 2. The van der Waals surface area contributed by atoms with Crippen molar-refractivity contribution < 1.29 is 29.3 Å². The number of hydrogen-bond acceptors (Lipinski definition) is 6. The van der Waals surface area contributed by atoms with E-state index in [2.05, 4.69) is 38.4 Å². The van der Waals surface area contributed by atoms with Gasteiger partial charge in [0.05, 0.1) is 16.7 Å². The predicted molar refractivity (Wildman–Crippen MR) is 118 cm³/mol. The van der Waals surface area contributed by atoms with Gasteiger partial charge in [0.25, 0.3) is 0 Å². The lowest BCUT2D eigenvalue weighted by molar-refractivity contribution is 0.0711. The van der Waals surface area contributed by atoms with Crippen LogP contribution in [0.25, 0.3) is 6.08 Å². The summed E-state index contributed by atoms with van der Waals surface area (Å²) >= 11 is 6.52. The molecule has 2 N–H and O–H groups in total. The highest BCUT2D eigenvalue weighted by Gasteiger charge is 2.23. The number of hydrogen-bond donors (Lipinski definition) is 2. The molecule has 0 aliphatic carbocycles. The van der Waals surface area contributed by atoms with Crippen molar-refractivity contribution >= 4 is 49.9 Å². The van der Waals surface area contributed by atoms with Gasteiger partial charge in [0.15, 0.2) is 23.0 Å². The summed E-state index contributed by atoms with van der Waals surface area (Å²) in [5.74, 6) is -3.15. The minimum atomic E-state index is -0.756. The molecule has 0 aliphatic heterocycles. The summed E-state index contributed by atoms with van der Waals surface area (Å²) in [6.07, 6.45) is 1.18. The molecule has 0 atom stereocenters. The predicted octanol–water partition coefficient (Wildman–Crippen LogP) is 5.70. The molecule has 8 heteroatoms. The summed E-state index contributed by atoms with van der Waals surface area (Å²) in [4.78, 5) is 24.8. The Balaban J connectivity index is 1.92. The van der Waals surface area contributed by atoms with E-state index in [1.54, 1.807) is 36.4 Å². The van der Waals surface area contributed by atoms with Gasteiger partial charge in [-0.3, -0.25) is 0 Å². The third-order valence-electron chi connectivity index (χ3n) is 3.96. The Hall–Kier alpha value is -3.10. The third-order valence-corrected chi connectivity index (χ3v) is 4.94. The first-order valence-corrected chi connectivity index (χ1v) is 10.1. The van der Waals surface area contributed by atoms with E-state index in [0.29, 0.717) is 8.95 Å². The number of halogens is 2. The zero-order valence-corrected chi connectivity index (χ0v) is 18.4. The first kappa shape index (κ1) is 21.6. The van der Waals surface area contributed by atoms with Gasteiger partial charge < -0.3 is 19.7 Å². The Morgan fingerprint density at radius 2 is 1.40 bits per heavy atom. The van der Waals surface area contributed by atoms with Crippen LogP contribution in [0.4, 0.5) is 0 Å². The van der Waals surface area contributed by atoms with Crippen LogP contribution in [0.1, 0.15) is 26.3 Å². The normalized spacial score (nSPS) is 10.3. The van der Waals surface area contributed by atoms with Gasteiger partial charge in [0.2, 0.25) is 0 Å². The van der Waals surface area contributed by atoms with Gasteiger partial charge in [-0.15, -0.1) is 0 Å². The minimum Gasteiger partial charge on any atom is -0.504 e. The van der Waals surface area contributed by atoms with E-state index in [0.717, 1.165) is 6.07 Å². The van der Waals surface area contributed by atoms with Gasteiger partial charge in [-0.25, -0.2) is 9.59 Å². The molecule has 0 bridgehead atoms. The molecule has 30 heavy (non-hydrogen) atoms. The lowest BCUT2D eigenvalue weighted by Gasteiger charge is -2.14. The number of carbonyl (C=O) groups excluding carboxylic acids is 2. The first-order valence-electron chi connectivity index (χ1n) is 8.47. The van der Waals surface area contributed by atoms with Crippen molar-refractivity contribution in [2.45, 2.75) is 0 Å². The maximum absolute atomic E-state index is 12.4. The van der Waals surface area contributed by atoms with Crippen LogP contribution in [0.15, 0.2) is 70.1 Å². The first-order chi connectivity index (χ1) is 14.3. The number of ether oxygens (including phenoxy) is 2. The largest absolute Gasteiger partial charge is 0.504 e. The monoisotopic (exact) mass is 532 g/mol. The quantitative estimate of drug-likeness (QED) is 0.248. The maximum Gasteiger partial charge on any atom is 0.343 e. The SMILES string of the molecule is C=Cc1c(O)c(OC(=O)c2cccc(Br)c2)cc(O)c1OC(=O)c1cccc(Br)c1. The molecule has 152 valence electrons. The summed E-state index contributed by atoms with van der Waals surface area (Å²) in [6, 6.07) is 13.9. The minimum absolute atomic E-state index is 0.101. The van der Waals surface area contributed by atoms with Crippen LogP contribution in [0.2, 0.25) is 0 Å². The molecule has 0 spiro atoms. The molecule has 3 rings (SSSR count). The van der Waals surface area contributed by atoms with Crippen molar-refractivity contribution in [2.24, 2.45) is 0 Å². The number of rotatable bonds is 5. The lowest BCUT2D eigenvalue weighted by atomic mass is 10.1. The van der Waals surface area contributed by atoms with E-state index in [-0.39, 0.29) is 28.2 Å². The molecule has 0 aromatic heterocycles. The van der Waals surface area contributed by atoms with E-state index < -0.39 is 23.4 Å². The Bertz CT molecular complexity index is 1160. The number of benzene rings is 3. The highest BCUT2D eigenvalue weighted by Crippen LogP contribution is 2.44. The Morgan fingerprint density at radius 3 is 1.90 bits per heavy atom. The van der Waals surface area contributed by atoms with Gasteiger partial charge >= 0.3 is 11.9 Å². The summed E-state index contributed by atoms with van der Waals surface area (Å²) in [7, 11) is 0. The van der Waals surface area contributed by atoms with Crippen LogP contribution in [0, 0.1) is 0 Å². The lowest BCUT2D eigenvalue weighted by Crippen LogP contribution is -2.11. The number of aromatic hydroxyl groups is 2. The summed E-state index contributed by atoms with van der Waals surface area (Å²) < 4.78 is 11.8. The van der Waals surface area contributed by atoms with Crippen LogP contribution in [-0.2, 0) is 0 Å². The van der Waals surface area contributed by atoms with Crippen LogP contribution < -0.4 is 9.47 Å². The van der Waals surface area contributed by atoms with Crippen LogP contribution in [0.5, 0.6) is 23.0 Å². The Kier molecular flexibility index (Phi) is 6.59. The second kappa shape index (κ2) is 9.15. The third kappa shape index (κ3) is 4.72. The zero-order chi connectivity index (χ0) is 21.8. The van der Waals surface area contributed by atoms with E-state index in [9.17, 15) is 19.8 Å². The molecule has 0 amide bonds. The standard InChI is InChI=1S/C22H14Br2O6/c1-2-16-19(26)18(29-21(27)12-5-3-7-14(23)9-12)11-17(25)20(16)30-22(28)13-6-4-8-15(24)10-13/h2-11,25-26H,1H2. The van der Waals surface area contributed by atoms with Crippen molar-refractivity contribution in [3.63, 3.8) is 0 Å². The Morgan fingerprint density at radius 1 is 0.867 bits per heavy atom. The number of phenolic OH excluding ortho intramolecular Hbond substituents is 2. The molecule has 0 heterocycles. The molecule has 0 fully saturated rings. The molecule has 3 aromatic rings. The topological polar surface area (TPSA) is 93.1 Å². The fourth-order valence-electron chi connectivity index (χ4n) is 2.55. The Labute approximate surface area is 188 Å². The average molecular weight is 534 g/mol. The van der Waals surface area contributed by atoms with Gasteiger partial charge in [-0.2, -0.15) is 0 Å². The molecule has 0 aliphatic rings. The van der Waals surface area contributed by atoms with Crippen LogP contribution in [0.3, 0.4) is 0 Å². The maximum atomic E-state index is 12.4. The van der Waals surface area contributed by atoms with E-state index >= 15 is 0 Å². The molecule has 0 saturated heterocycles. The molecule has 0 saturated carbocycles. The summed E-state index contributed by atoms with van der Waals surface area (Å²) in [5.41, 5.74) is 0.354. The molecular weight excluding hydrogens is 520 g/mol. The fraction of sp³-hybridized carbons (Fsp3) is 0. The molecule has 0 unspecified atom stereocenters. The average Bonchev–Trinajstić information content (AvgIpc) is 2.71. The second-order valence-electron chi connectivity index (χ2n) is 5.99. The van der Waals surface area contributed by atoms with Crippen LogP contribution >= 0.6 is 31.9 Å². The van der Waals surface area contributed by atoms with Gasteiger partial charge in [-0.05, 0) is 36.4 Å². The summed E-state index contributed by atoms with van der Waals surface area (Å²) in [5, 5.41) is 20.9. The molecular formula is C22H14Br2O6. The van der Waals surface area contributed by atoms with Crippen molar-refractivity contribution in [3.8, 4) is 23.0 Å². The van der Waals surface area contributed by atoms with Crippen LogP contribution in [-0.4, -0.2) is 22.2 Å². The van der Waals surface area contributed by atoms with Gasteiger partial charge in [0.1, 0.15) is 0 Å². The van der Waals surface area contributed by atoms with Gasteiger partial charge in [-0.1, -0.05) is 56.6 Å².